The number of aliphatic hydroxyl groups excluding tert-OH is 1. The fourth-order valence-corrected chi connectivity index (χ4v) is 4.34. The Bertz CT molecular complexity index is 746. The molecule has 0 aromatic heterocycles. The maximum Gasteiger partial charge on any atom is 0.186 e. The van der Waals surface area contributed by atoms with Gasteiger partial charge in [-0.2, -0.15) is 0 Å². The highest BCUT2D eigenvalue weighted by Crippen LogP contribution is 2.37. The number of nitrogens with zero attached hydrogens (tertiary/aromatic N) is 1. The van der Waals surface area contributed by atoms with Crippen LogP contribution in [0.3, 0.4) is 0 Å². The van der Waals surface area contributed by atoms with Crippen LogP contribution in [0, 0.1) is 5.41 Å². The highest BCUT2D eigenvalue weighted by atomic mass is 32.2. The summed E-state index contributed by atoms with van der Waals surface area (Å²) in [5, 5.41) is 21.2. The van der Waals surface area contributed by atoms with Crippen molar-refractivity contribution in [1.29, 1.82) is 5.41 Å². The zero-order valence-corrected chi connectivity index (χ0v) is 14.9. The number of fused-ring (bicyclic) bond motifs is 1. The Kier molecular flexibility index (Phi) is 5.12. The van der Waals surface area contributed by atoms with Crippen LogP contribution in [0.4, 0.5) is 5.69 Å². The van der Waals surface area contributed by atoms with Gasteiger partial charge in [-0.25, -0.2) is 0 Å². The first-order valence-electron chi connectivity index (χ1n) is 8.54. The largest absolute Gasteiger partial charge is 0.386 e. The average Bonchev–Trinajstić information content (AvgIpc) is 2.99. The first-order valence-corrected chi connectivity index (χ1v) is 9.42. The number of hydrogen-bond donors (Lipinski definition) is 3. The van der Waals surface area contributed by atoms with Gasteiger partial charge < -0.3 is 14.6 Å². The normalized spacial score (nSPS) is 28.0. The van der Waals surface area contributed by atoms with Crippen LogP contribution >= 0.6 is 11.8 Å². The van der Waals surface area contributed by atoms with Gasteiger partial charge in [-0.1, -0.05) is 60.3 Å². The molecule has 2 saturated heterocycles. The minimum Gasteiger partial charge on any atom is -0.386 e. The zero-order valence-electron chi connectivity index (χ0n) is 14.1. The van der Waals surface area contributed by atoms with Gasteiger partial charge in [0.2, 0.25) is 0 Å². The molecule has 2 fully saturated rings. The first-order chi connectivity index (χ1) is 12.7. The molecule has 6 nitrogen and oxygen atoms in total. The molecule has 7 heteroatoms. The fourth-order valence-electron chi connectivity index (χ4n) is 3.20. The van der Waals surface area contributed by atoms with E-state index in [4.69, 9.17) is 14.9 Å². The third kappa shape index (κ3) is 3.57. The molecule has 0 saturated carbocycles. The zero-order chi connectivity index (χ0) is 17.9. The van der Waals surface area contributed by atoms with Gasteiger partial charge in [-0.3, -0.25) is 15.8 Å². The Labute approximate surface area is 156 Å². The fraction of sp³-hybridized carbons (Fsp3) is 0.316. The van der Waals surface area contributed by atoms with E-state index < -0.39 is 12.4 Å². The van der Waals surface area contributed by atoms with Crippen molar-refractivity contribution >= 4 is 22.6 Å². The molecule has 2 heterocycles. The molecule has 136 valence electrons. The standard InChI is InChI=1S/C19H21N3O3S/c20-19-22(21-14-9-5-2-6-10-14)16-15(26-19)12-25-18(17(16)23)24-11-13-7-3-1-4-8-13/h1-10,15-18,20-21,23H,11-12H2/t15-,16-,17+,18+/m1/s1. The summed E-state index contributed by atoms with van der Waals surface area (Å²) in [6.45, 7) is 0.803. The topological polar surface area (TPSA) is 77.8 Å². The van der Waals surface area contributed by atoms with E-state index in [1.807, 2.05) is 60.7 Å². The second-order valence-corrected chi connectivity index (χ2v) is 7.52. The Morgan fingerprint density at radius 1 is 1.15 bits per heavy atom. The summed E-state index contributed by atoms with van der Waals surface area (Å²) in [4.78, 5) is 0. The van der Waals surface area contributed by atoms with Crippen LogP contribution in [0.2, 0.25) is 0 Å². The minimum absolute atomic E-state index is 0.00899. The van der Waals surface area contributed by atoms with E-state index in [0.29, 0.717) is 18.4 Å². The van der Waals surface area contributed by atoms with Crippen LogP contribution in [0.25, 0.3) is 0 Å². The number of hydrazine groups is 1. The molecule has 2 aromatic rings. The van der Waals surface area contributed by atoms with Gasteiger partial charge >= 0.3 is 0 Å². The van der Waals surface area contributed by atoms with Crippen molar-refractivity contribution in [3.8, 4) is 0 Å². The van der Waals surface area contributed by atoms with E-state index in [1.165, 1.54) is 11.8 Å². The van der Waals surface area contributed by atoms with Crippen molar-refractivity contribution in [2.45, 2.75) is 30.3 Å². The maximum atomic E-state index is 10.8. The molecule has 2 aromatic carbocycles. The number of ether oxygens (including phenoxy) is 2. The highest BCUT2D eigenvalue weighted by Gasteiger charge is 2.50. The van der Waals surface area contributed by atoms with Crippen LogP contribution in [-0.2, 0) is 16.1 Å². The van der Waals surface area contributed by atoms with Crippen LogP contribution in [0.15, 0.2) is 60.7 Å². The summed E-state index contributed by atoms with van der Waals surface area (Å²) in [5.41, 5.74) is 5.13. The SMILES string of the molecule is N=C1S[C@@H]2CO[C@H](OCc3ccccc3)[C@@H](O)[C@@H]2N1Nc1ccccc1. The lowest BCUT2D eigenvalue weighted by molar-refractivity contribution is -0.230. The predicted molar refractivity (Wildman–Crippen MR) is 102 cm³/mol. The third-order valence-electron chi connectivity index (χ3n) is 4.49. The lowest BCUT2D eigenvalue weighted by atomic mass is 10.0. The van der Waals surface area contributed by atoms with Crippen LogP contribution < -0.4 is 5.43 Å². The van der Waals surface area contributed by atoms with Crippen molar-refractivity contribution in [1.82, 2.24) is 5.01 Å². The predicted octanol–water partition coefficient (Wildman–Crippen LogP) is 2.67. The lowest BCUT2D eigenvalue weighted by Crippen LogP contribution is -2.58. The summed E-state index contributed by atoms with van der Waals surface area (Å²) < 4.78 is 11.5. The molecule has 3 N–H and O–H groups in total. The quantitative estimate of drug-likeness (QED) is 0.750. The molecule has 0 unspecified atom stereocenters. The number of para-hydroxylation sites is 1. The summed E-state index contributed by atoms with van der Waals surface area (Å²) in [7, 11) is 0. The number of aliphatic hydroxyl groups is 1. The van der Waals surface area contributed by atoms with E-state index in [2.05, 4.69) is 5.43 Å². The van der Waals surface area contributed by atoms with E-state index in [9.17, 15) is 5.11 Å². The van der Waals surface area contributed by atoms with Crippen molar-refractivity contribution in [2.24, 2.45) is 0 Å². The van der Waals surface area contributed by atoms with E-state index in [-0.39, 0.29) is 11.3 Å². The summed E-state index contributed by atoms with van der Waals surface area (Å²) in [6.07, 6.45) is -1.58. The average molecular weight is 371 g/mol. The molecule has 2 aliphatic rings. The van der Waals surface area contributed by atoms with Gasteiger partial charge in [0, 0.05) is 0 Å². The number of thioether (sulfide) groups is 1. The molecule has 2 aliphatic heterocycles. The number of benzene rings is 2. The van der Waals surface area contributed by atoms with Gasteiger partial charge in [0.15, 0.2) is 11.5 Å². The Hall–Kier alpha value is -2.06. The van der Waals surface area contributed by atoms with E-state index in [1.54, 1.807) is 5.01 Å². The van der Waals surface area contributed by atoms with Gasteiger partial charge in [-0.05, 0) is 17.7 Å². The summed E-state index contributed by atoms with van der Waals surface area (Å²) in [6, 6.07) is 19.2. The highest BCUT2D eigenvalue weighted by molar-refractivity contribution is 8.14. The monoisotopic (exact) mass is 371 g/mol. The summed E-state index contributed by atoms with van der Waals surface area (Å²) >= 11 is 1.40. The number of nitrogens with one attached hydrogen (secondary N) is 2. The Balaban J connectivity index is 1.45. The lowest BCUT2D eigenvalue weighted by Gasteiger charge is -2.39. The number of amidine groups is 1. The van der Waals surface area contributed by atoms with E-state index >= 15 is 0 Å². The molecular weight excluding hydrogens is 350 g/mol. The maximum absolute atomic E-state index is 10.8. The van der Waals surface area contributed by atoms with E-state index in [0.717, 1.165) is 11.3 Å². The smallest absolute Gasteiger partial charge is 0.186 e. The first kappa shape index (κ1) is 17.4. The second-order valence-electron chi connectivity index (χ2n) is 6.29. The van der Waals surface area contributed by atoms with Crippen LogP contribution in [-0.4, -0.2) is 45.6 Å². The van der Waals surface area contributed by atoms with Gasteiger partial charge in [0.1, 0.15) is 6.10 Å². The molecule has 0 bridgehead atoms. The molecule has 4 rings (SSSR count). The molecule has 0 spiro atoms. The number of rotatable bonds is 5. The van der Waals surface area contributed by atoms with Crippen LogP contribution in [0.5, 0.6) is 0 Å². The summed E-state index contributed by atoms with van der Waals surface area (Å²) in [5.74, 6) is 0. The van der Waals surface area contributed by atoms with Crippen molar-refractivity contribution in [3.05, 3.63) is 66.2 Å². The Morgan fingerprint density at radius 3 is 2.58 bits per heavy atom. The minimum atomic E-state index is -0.857. The molecule has 0 aliphatic carbocycles. The van der Waals surface area contributed by atoms with Crippen molar-refractivity contribution in [3.63, 3.8) is 0 Å². The second kappa shape index (κ2) is 7.67. The molecule has 4 atom stereocenters. The van der Waals surface area contributed by atoms with Gasteiger partial charge in [0.05, 0.1) is 30.2 Å². The van der Waals surface area contributed by atoms with Gasteiger partial charge in [-0.15, -0.1) is 0 Å². The van der Waals surface area contributed by atoms with Crippen molar-refractivity contribution < 1.29 is 14.6 Å². The van der Waals surface area contributed by atoms with Gasteiger partial charge in [0.25, 0.3) is 0 Å². The molecular formula is C19H21N3O3S. The third-order valence-corrected chi connectivity index (χ3v) is 5.63. The van der Waals surface area contributed by atoms with Crippen LogP contribution in [0.1, 0.15) is 5.56 Å². The number of anilines is 1. The molecule has 0 radical (unpaired) electrons. The molecule has 26 heavy (non-hydrogen) atoms. The van der Waals surface area contributed by atoms with Crippen molar-refractivity contribution in [2.75, 3.05) is 12.0 Å². The Morgan fingerprint density at radius 2 is 1.85 bits per heavy atom. The molecule has 0 amide bonds. The number of hydrogen-bond acceptors (Lipinski definition) is 6.